The summed E-state index contributed by atoms with van der Waals surface area (Å²) in [5, 5.41) is 0. The topological polar surface area (TPSA) is 12.5 Å². The average Bonchev–Trinajstić information content (AvgIpc) is 2.03. The van der Waals surface area contributed by atoms with Crippen molar-refractivity contribution in [3.05, 3.63) is 0 Å². The summed E-state index contributed by atoms with van der Waals surface area (Å²) in [5.41, 5.74) is 0.295. The first-order valence-electron chi connectivity index (χ1n) is 5.27. The largest absolute Gasteiger partial charge is 0.362 e. The van der Waals surface area contributed by atoms with Gasteiger partial charge in [-0.2, -0.15) is 0 Å². The predicted octanol–water partition coefficient (Wildman–Crippen LogP) is 2.49. The van der Waals surface area contributed by atoms with E-state index in [4.69, 9.17) is 4.74 Å². The third-order valence-electron chi connectivity index (χ3n) is 2.82. The Kier molecular flexibility index (Phi) is 3.36. The van der Waals surface area contributed by atoms with Crippen LogP contribution in [0, 0.1) is 5.41 Å². The molecule has 0 bridgehead atoms. The molecular formula is C11H23NO. The van der Waals surface area contributed by atoms with Gasteiger partial charge in [-0.05, 0) is 25.7 Å². The molecule has 0 saturated carbocycles. The lowest BCUT2D eigenvalue weighted by molar-refractivity contribution is -0.118. The zero-order valence-electron chi connectivity index (χ0n) is 9.63. The highest BCUT2D eigenvalue weighted by Crippen LogP contribution is 2.28. The molecule has 2 heteroatoms. The van der Waals surface area contributed by atoms with Crippen molar-refractivity contribution in [2.45, 2.75) is 53.2 Å². The molecule has 0 radical (unpaired) electrons. The second kappa shape index (κ2) is 3.97. The quantitative estimate of drug-likeness (QED) is 0.622. The second-order valence-electron chi connectivity index (χ2n) is 5.35. The summed E-state index contributed by atoms with van der Waals surface area (Å²) in [7, 11) is 0. The Labute approximate surface area is 82.3 Å². The summed E-state index contributed by atoms with van der Waals surface area (Å²) in [4.78, 5) is 2.38. The number of hydrogen-bond acceptors (Lipinski definition) is 2. The summed E-state index contributed by atoms with van der Waals surface area (Å²) in [6.45, 7) is 13.2. The SMILES string of the molecule is CC(C)N1CCC(C(C)(C)C)OC1. The highest BCUT2D eigenvalue weighted by atomic mass is 16.5. The van der Waals surface area contributed by atoms with E-state index in [-0.39, 0.29) is 0 Å². The number of hydrogen-bond donors (Lipinski definition) is 0. The molecule has 0 N–H and O–H groups in total. The Morgan fingerprint density at radius 3 is 2.23 bits per heavy atom. The molecule has 13 heavy (non-hydrogen) atoms. The summed E-state index contributed by atoms with van der Waals surface area (Å²) in [6, 6.07) is 0.612. The van der Waals surface area contributed by atoms with Gasteiger partial charge in [0.15, 0.2) is 0 Å². The molecule has 78 valence electrons. The lowest BCUT2D eigenvalue weighted by Crippen LogP contribution is -2.45. The van der Waals surface area contributed by atoms with Gasteiger partial charge in [0.1, 0.15) is 0 Å². The van der Waals surface area contributed by atoms with Gasteiger partial charge < -0.3 is 4.74 Å². The predicted molar refractivity (Wildman–Crippen MR) is 55.7 cm³/mol. The smallest absolute Gasteiger partial charge is 0.0996 e. The van der Waals surface area contributed by atoms with Gasteiger partial charge in [-0.3, -0.25) is 4.90 Å². The maximum Gasteiger partial charge on any atom is 0.0996 e. The first-order chi connectivity index (χ1) is 5.91. The molecule has 0 aliphatic carbocycles. The Hall–Kier alpha value is -0.0800. The fraction of sp³-hybridized carbons (Fsp3) is 1.00. The average molecular weight is 185 g/mol. The van der Waals surface area contributed by atoms with Crippen LogP contribution >= 0.6 is 0 Å². The number of nitrogens with zero attached hydrogens (tertiary/aromatic N) is 1. The first kappa shape index (κ1) is 11.0. The van der Waals surface area contributed by atoms with Crippen molar-refractivity contribution < 1.29 is 4.74 Å². The van der Waals surface area contributed by atoms with E-state index in [0.29, 0.717) is 17.6 Å². The molecule has 0 spiro atoms. The summed E-state index contributed by atoms with van der Waals surface area (Å²) >= 11 is 0. The van der Waals surface area contributed by atoms with E-state index < -0.39 is 0 Å². The molecule has 1 fully saturated rings. The van der Waals surface area contributed by atoms with Gasteiger partial charge in [0, 0.05) is 12.6 Å². The fourth-order valence-electron chi connectivity index (χ4n) is 1.71. The van der Waals surface area contributed by atoms with Gasteiger partial charge in [-0.25, -0.2) is 0 Å². The number of rotatable bonds is 1. The van der Waals surface area contributed by atoms with Crippen LogP contribution in [0.4, 0.5) is 0 Å². The molecule has 1 aliphatic heterocycles. The molecule has 1 unspecified atom stereocenters. The van der Waals surface area contributed by atoms with Crippen LogP contribution in [0.5, 0.6) is 0 Å². The van der Waals surface area contributed by atoms with Crippen LogP contribution in [0.3, 0.4) is 0 Å². The van der Waals surface area contributed by atoms with E-state index in [1.54, 1.807) is 0 Å². The van der Waals surface area contributed by atoms with E-state index in [1.165, 1.54) is 13.0 Å². The normalized spacial score (nSPS) is 26.8. The van der Waals surface area contributed by atoms with Crippen LogP contribution in [0.25, 0.3) is 0 Å². The zero-order valence-corrected chi connectivity index (χ0v) is 9.63. The third-order valence-corrected chi connectivity index (χ3v) is 2.82. The Balaban J connectivity index is 2.39. The van der Waals surface area contributed by atoms with E-state index in [0.717, 1.165) is 6.73 Å². The van der Waals surface area contributed by atoms with Crippen molar-refractivity contribution in [3.63, 3.8) is 0 Å². The van der Waals surface area contributed by atoms with Crippen molar-refractivity contribution in [1.82, 2.24) is 4.90 Å². The lowest BCUT2D eigenvalue weighted by Gasteiger charge is -2.40. The van der Waals surface area contributed by atoms with E-state index in [1.807, 2.05) is 0 Å². The minimum Gasteiger partial charge on any atom is -0.362 e. The van der Waals surface area contributed by atoms with Gasteiger partial charge >= 0.3 is 0 Å². The van der Waals surface area contributed by atoms with Crippen LogP contribution in [-0.2, 0) is 4.74 Å². The fourth-order valence-corrected chi connectivity index (χ4v) is 1.71. The summed E-state index contributed by atoms with van der Waals surface area (Å²) in [5.74, 6) is 0. The zero-order chi connectivity index (χ0) is 10.1. The molecular weight excluding hydrogens is 162 g/mol. The first-order valence-corrected chi connectivity index (χ1v) is 5.27. The Morgan fingerprint density at radius 1 is 1.31 bits per heavy atom. The maximum absolute atomic E-state index is 5.84. The summed E-state index contributed by atoms with van der Waals surface area (Å²) < 4.78 is 5.84. The van der Waals surface area contributed by atoms with Crippen LogP contribution in [0.15, 0.2) is 0 Å². The molecule has 0 amide bonds. The van der Waals surface area contributed by atoms with Gasteiger partial charge in [0.2, 0.25) is 0 Å². The second-order valence-corrected chi connectivity index (χ2v) is 5.35. The molecule has 0 aromatic heterocycles. The van der Waals surface area contributed by atoms with Crippen LogP contribution in [0.2, 0.25) is 0 Å². The Morgan fingerprint density at radius 2 is 1.92 bits per heavy atom. The Bertz CT molecular complexity index is 152. The molecule has 1 heterocycles. The van der Waals surface area contributed by atoms with Crippen LogP contribution in [0.1, 0.15) is 41.0 Å². The van der Waals surface area contributed by atoms with E-state index >= 15 is 0 Å². The van der Waals surface area contributed by atoms with Gasteiger partial charge in [-0.15, -0.1) is 0 Å². The van der Waals surface area contributed by atoms with E-state index in [9.17, 15) is 0 Å². The van der Waals surface area contributed by atoms with Crippen LogP contribution in [-0.4, -0.2) is 30.3 Å². The highest BCUT2D eigenvalue weighted by Gasteiger charge is 2.30. The van der Waals surface area contributed by atoms with Crippen molar-refractivity contribution in [2.75, 3.05) is 13.3 Å². The standard InChI is InChI=1S/C11H23NO/c1-9(2)12-7-6-10(13-8-12)11(3,4)5/h9-10H,6-8H2,1-5H3. The molecule has 2 nitrogen and oxygen atoms in total. The lowest BCUT2D eigenvalue weighted by atomic mass is 9.86. The summed E-state index contributed by atoms with van der Waals surface area (Å²) in [6.07, 6.45) is 1.60. The molecule has 1 atom stereocenters. The number of ether oxygens (including phenoxy) is 1. The highest BCUT2D eigenvalue weighted by molar-refractivity contribution is 4.79. The van der Waals surface area contributed by atoms with Crippen molar-refractivity contribution in [3.8, 4) is 0 Å². The van der Waals surface area contributed by atoms with Crippen molar-refractivity contribution in [2.24, 2.45) is 5.41 Å². The maximum atomic E-state index is 5.84. The van der Waals surface area contributed by atoms with Gasteiger partial charge in [-0.1, -0.05) is 20.8 Å². The van der Waals surface area contributed by atoms with Crippen molar-refractivity contribution in [1.29, 1.82) is 0 Å². The van der Waals surface area contributed by atoms with Gasteiger partial charge in [0.25, 0.3) is 0 Å². The minimum absolute atomic E-state index is 0.295. The molecule has 1 saturated heterocycles. The van der Waals surface area contributed by atoms with Crippen LogP contribution < -0.4 is 0 Å². The molecule has 1 rings (SSSR count). The monoisotopic (exact) mass is 185 g/mol. The molecule has 1 aliphatic rings. The van der Waals surface area contributed by atoms with Gasteiger partial charge in [0.05, 0.1) is 12.8 Å². The molecule has 0 aromatic rings. The van der Waals surface area contributed by atoms with E-state index in [2.05, 4.69) is 39.5 Å². The van der Waals surface area contributed by atoms with Crippen molar-refractivity contribution >= 4 is 0 Å². The molecule has 0 aromatic carbocycles. The third kappa shape index (κ3) is 2.96. The minimum atomic E-state index is 0.295.